The molecule has 1 aromatic heterocycles. The van der Waals surface area contributed by atoms with Crippen molar-refractivity contribution in [2.24, 2.45) is 5.92 Å². The highest BCUT2D eigenvalue weighted by Gasteiger charge is 2.36. The molecule has 1 atom stereocenters. The van der Waals surface area contributed by atoms with Gasteiger partial charge in [0, 0.05) is 49.6 Å². The van der Waals surface area contributed by atoms with E-state index in [0.717, 1.165) is 41.6 Å². The van der Waals surface area contributed by atoms with Crippen LogP contribution in [0.2, 0.25) is 0 Å². The summed E-state index contributed by atoms with van der Waals surface area (Å²) < 4.78 is 5.81. The lowest BCUT2D eigenvalue weighted by Gasteiger charge is -2.23. The van der Waals surface area contributed by atoms with Crippen LogP contribution < -0.4 is 5.32 Å². The first-order valence-electron chi connectivity index (χ1n) is 9.20. The molecule has 1 fully saturated rings. The summed E-state index contributed by atoms with van der Waals surface area (Å²) in [7, 11) is 1.78. The molecule has 2 heterocycles. The lowest BCUT2D eigenvalue weighted by Crippen LogP contribution is -2.25. The number of nitrogens with one attached hydrogen (secondary N) is 1. The third-order valence-electron chi connectivity index (χ3n) is 5.18. The summed E-state index contributed by atoms with van der Waals surface area (Å²) in [6.07, 6.45) is 2.68. The zero-order valence-electron chi connectivity index (χ0n) is 15.6. The number of carbonyl (C=O) groups excluding carboxylic acids is 1. The van der Waals surface area contributed by atoms with E-state index in [1.807, 2.05) is 24.3 Å². The number of aryl methyl sites for hydroxylation is 1. The van der Waals surface area contributed by atoms with Crippen molar-refractivity contribution in [3.8, 4) is 11.3 Å². The Balaban J connectivity index is 1.67. The zero-order valence-corrected chi connectivity index (χ0v) is 15.6. The van der Waals surface area contributed by atoms with Gasteiger partial charge < -0.3 is 10.1 Å². The Bertz CT molecular complexity index is 845. The highest BCUT2D eigenvalue weighted by molar-refractivity contribution is 5.89. The van der Waals surface area contributed by atoms with Gasteiger partial charge in [-0.2, -0.15) is 0 Å². The van der Waals surface area contributed by atoms with Gasteiger partial charge in [-0.1, -0.05) is 12.1 Å². The van der Waals surface area contributed by atoms with Gasteiger partial charge in [-0.15, -0.1) is 0 Å². The van der Waals surface area contributed by atoms with E-state index in [2.05, 4.69) is 23.2 Å². The number of fused-ring (bicyclic) bond motifs is 1. The average molecular weight is 351 g/mol. The van der Waals surface area contributed by atoms with Crippen LogP contribution in [-0.4, -0.2) is 29.4 Å². The average Bonchev–Trinajstić information content (AvgIpc) is 3.33. The van der Waals surface area contributed by atoms with Gasteiger partial charge in [0.2, 0.25) is 5.91 Å². The molecule has 1 aromatic carbocycles. The molecule has 0 radical (unpaired) electrons. The lowest BCUT2D eigenvalue weighted by atomic mass is 10.0. The van der Waals surface area contributed by atoms with E-state index in [1.54, 1.807) is 7.11 Å². The molecule has 1 unspecified atom stereocenters. The standard InChI is InChI=1S/C21H25N3O2/c1-13-20-17(12-24(21(20)26-3)11-15-7-8-15)10-19(22-13)16-5-4-6-18(9-16)23-14(2)25/h4-6,9-10,15,21H,7-8,11-12H2,1-3H3,(H,23,25). The van der Waals surface area contributed by atoms with Crippen molar-refractivity contribution >= 4 is 11.6 Å². The zero-order chi connectivity index (χ0) is 18.3. The Kier molecular flexibility index (Phi) is 4.51. The number of anilines is 1. The van der Waals surface area contributed by atoms with Crippen molar-refractivity contribution in [2.45, 2.75) is 39.5 Å². The van der Waals surface area contributed by atoms with Crippen molar-refractivity contribution in [3.63, 3.8) is 0 Å². The van der Waals surface area contributed by atoms with Gasteiger partial charge in [-0.3, -0.25) is 14.7 Å². The van der Waals surface area contributed by atoms with Crippen molar-refractivity contribution in [3.05, 3.63) is 47.2 Å². The third-order valence-corrected chi connectivity index (χ3v) is 5.18. The summed E-state index contributed by atoms with van der Waals surface area (Å²) in [5, 5.41) is 2.84. The van der Waals surface area contributed by atoms with Gasteiger partial charge in [0.15, 0.2) is 0 Å². The van der Waals surface area contributed by atoms with Crippen LogP contribution in [0.3, 0.4) is 0 Å². The maximum absolute atomic E-state index is 11.3. The molecule has 1 aliphatic heterocycles. The fourth-order valence-corrected chi connectivity index (χ4v) is 3.87. The van der Waals surface area contributed by atoms with E-state index in [-0.39, 0.29) is 12.1 Å². The van der Waals surface area contributed by atoms with Crippen LogP contribution in [0, 0.1) is 12.8 Å². The van der Waals surface area contributed by atoms with Crippen LogP contribution in [0.1, 0.15) is 42.8 Å². The number of rotatable bonds is 5. The summed E-state index contributed by atoms with van der Waals surface area (Å²) in [6.45, 7) is 5.59. The van der Waals surface area contributed by atoms with Gasteiger partial charge in [0.1, 0.15) is 6.23 Å². The molecule has 136 valence electrons. The van der Waals surface area contributed by atoms with E-state index in [9.17, 15) is 4.79 Å². The quantitative estimate of drug-likeness (QED) is 0.888. The lowest BCUT2D eigenvalue weighted by molar-refractivity contribution is -0.114. The fourth-order valence-electron chi connectivity index (χ4n) is 3.87. The molecule has 5 heteroatoms. The van der Waals surface area contributed by atoms with Gasteiger partial charge in [-0.25, -0.2) is 0 Å². The second kappa shape index (κ2) is 6.82. The van der Waals surface area contributed by atoms with E-state index in [0.29, 0.717) is 0 Å². The Morgan fingerprint density at radius 1 is 1.35 bits per heavy atom. The molecule has 1 aliphatic carbocycles. The minimum absolute atomic E-state index is 0.0119. The van der Waals surface area contributed by atoms with Crippen LogP contribution in [0.4, 0.5) is 5.69 Å². The van der Waals surface area contributed by atoms with Gasteiger partial charge in [0.25, 0.3) is 0 Å². The number of aromatic nitrogens is 1. The first-order valence-corrected chi connectivity index (χ1v) is 9.20. The molecular weight excluding hydrogens is 326 g/mol. The van der Waals surface area contributed by atoms with E-state index < -0.39 is 0 Å². The molecule has 1 N–H and O–H groups in total. The predicted octanol–water partition coefficient (Wildman–Crippen LogP) is 3.89. The molecular formula is C21H25N3O2. The number of carbonyl (C=O) groups is 1. The minimum atomic E-state index is -0.0705. The second-order valence-corrected chi connectivity index (χ2v) is 7.39. The number of ether oxygens (including phenoxy) is 1. The van der Waals surface area contributed by atoms with Crippen LogP contribution in [0.25, 0.3) is 11.3 Å². The molecule has 2 aliphatic rings. The van der Waals surface area contributed by atoms with Crippen molar-refractivity contribution < 1.29 is 9.53 Å². The third kappa shape index (κ3) is 3.37. The number of amides is 1. The van der Waals surface area contributed by atoms with Crippen molar-refractivity contribution in [2.75, 3.05) is 19.0 Å². The Labute approximate surface area is 154 Å². The summed E-state index contributed by atoms with van der Waals surface area (Å²) in [6, 6.07) is 10.0. The van der Waals surface area contributed by atoms with Crippen LogP contribution in [0.5, 0.6) is 0 Å². The first kappa shape index (κ1) is 17.2. The number of nitrogens with zero attached hydrogens (tertiary/aromatic N) is 2. The van der Waals surface area contributed by atoms with Crippen LogP contribution >= 0.6 is 0 Å². The Morgan fingerprint density at radius 3 is 2.85 bits per heavy atom. The molecule has 5 nitrogen and oxygen atoms in total. The number of benzene rings is 1. The van der Waals surface area contributed by atoms with Gasteiger partial charge in [0.05, 0.1) is 5.69 Å². The molecule has 0 bridgehead atoms. The highest BCUT2D eigenvalue weighted by Crippen LogP contribution is 2.41. The number of hydrogen-bond donors (Lipinski definition) is 1. The van der Waals surface area contributed by atoms with Crippen molar-refractivity contribution in [1.82, 2.24) is 9.88 Å². The monoisotopic (exact) mass is 351 g/mol. The predicted molar refractivity (Wildman–Crippen MR) is 102 cm³/mol. The van der Waals surface area contributed by atoms with E-state index in [1.165, 1.54) is 30.9 Å². The summed E-state index contributed by atoms with van der Waals surface area (Å²) in [4.78, 5) is 18.6. The summed E-state index contributed by atoms with van der Waals surface area (Å²) >= 11 is 0. The Morgan fingerprint density at radius 2 is 2.15 bits per heavy atom. The summed E-state index contributed by atoms with van der Waals surface area (Å²) in [5.74, 6) is 0.753. The smallest absolute Gasteiger partial charge is 0.221 e. The molecule has 2 aromatic rings. The maximum Gasteiger partial charge on any atom is 0.221 e. The second-order valence-electron chi connectivity index (χ2n) is 7.39. The van der Waals surface area contributed by atoms with Gasteiger partial charge >= 0.3 is 0 Å². The van der Waals surface area contributed by atoms with E-state index in [4.69, 9.17) is 9.72 Å². The van der Waals surface area contributed by atoms with E-state index >= 15 is 0 Å². The normalized spacial score (nSPS) is 19.4. The van der Waals surface area contributed by atoms with Crippen molar-refractivity contribution in [1.29, 1.82) is 0 Å². The number of methoxy groups -OCH3 is 1. The number of pyridine rings is 1. The molecule has 1 saturated carbocycles. The minimum Gasteiger partial charge on any atom is -0.362 e. The molecule has 0 spiro atoms. The maximum atomic E-state index is 11.3. The Hall–Kier alpha value is -2.24. The fraction of sp³-hybridized carbons (Fsp3) is 0.429. The highest BCUT2D eigenvalue weighted by atomic mass is 16.5. The summed E-state index contributed by atoms with van der Waals surface area (Å²) in [5.41, 5.74) is 6.28. The molecule has 4 rings (SSSR count). The molecule has 0 saturated heterocycles. The molecule has 1 amide bonds. The molecule has 26 heavy (non-hydrogen) atoms. The first-order chi connectivity index (χ1) is 12.5. The van der Waals surface area contributed by atoms with Crippen LogP contribution in [0.15, 0.2) is 30.3 Å². The SMILES string of the molecule is COC1c2c(cc(-c3cccc(NC(C)=O)c3)nc2C)CN1CC1CC1. The number of hydrogen-bond acceptors (Lipinski definition) is 4. The van der Waals surface area contributed by atoms with Crippen LogP contribution in [-0.2, 0) is 16.1 Å². The van der Waals surface area contributed by atoms with Gasteiger partial charge in [-0.05, 0) is 49.4 Å². The largest absolute Gasteiger partial charge is 0.362 e. The topological polar surface area (TPSA) is 54.5 Å².